The van der Waals surface area contributed by atoms with Crippen molar-refractivity contribution >= 4 is 12.0 Å². The first kappa shape index (κ1) is 31.5. The van der Waals surface area contributed by atoms with E-state index in [0.29, 0.717) is 30.2 Å². The lowest BCUT2D eigenvalue weighted by Gasteiger charge is -2.39. The molecule has 0 aromatic heterocycles. The van der Waals surface area contributed by atoms with Crippen molar-refractivity contribution in [3.63, 3.8) is 0 Å². The Labute approximate surface area is 257 Å². The van der Waals surface area contributed by atoms with E-state index in [0.717, 1.165) is 56.6 Å². The Morgan fingerprint density at radius 2 is 1.57 bits per heavy atom. The molecule has 3 aliphatic rings. The Balaban J connectivity index is 1.30. The highest BCUT2D eigenvalue weighted by molar-refractivity contribution is 5.80. The molecule has 240 valence electrons. The zero-order valence-electron chi connectivity index (χ0n) is 25.3. The van der Waals surface area contributed by atoms with E-state index in [-0.39, 0.29) is 48.6 Å². The first-order chi connectivity index (χ1) is 21.5. The fraction of sp³-hybridized carbons (Fsp3) is 0.548. The molecule has 2 heterocycles. The molecule has 1 unspecified atom stereocenters. The van der Waals surface area contributed by atoms with Gasteiger partial charge in [-0.2, -0.15) is 0 Å². The molecule has 0 bridgehead atoms. The van der Waals surface area contributed by atoms with Gasteiger partial charge in [-0.15, -0.1) is 0 Å². The number of nitrogens with one attached hydrogen (secondary N) is 4. The lowest BCUT2D eigenvalue weighted by atomic mass is 9.65. The molecule has 13 nitrogen and oxygen atoms in total. The fourth-order valence-electron chi connectivity index (χ4n) is 6.28. The van der Waals surface area contributed by atoms with Crippen molar-refractivity contribution in [2.45, 2.75) is 31.2 Å². The van der Waals surface area contributed by atoms with E-state index in [4.69, 9.17) is 29.4 Å². The number of nitrogens with two attached hydrogens (primary N) is 1. The first-order valence-electron chi connectivity index (χ1n) is 15.2. The van der Waals surface area contributed by atoms with Gasteiger partial charge in [-0.3, -0.25) is 4.79 Å². The molecule has 44 heavy (non-hydrogen) atoms. The van der Waals surface area contributed by atoms with Gasteiger partial charge >= 0.3 is 12.0 Å². The molecular weight excluding hydrogens is 570 g/mol. The van der Waals surface area contributed by atoms with Crippen LogP contribution >= 0.6 is 0 Å². The number of cyclic esters (lactones) is 1. The van der Waals surface area contributed by atoms with Crippen LogP contribution in [0.15, 0.2) is 24.3 Å². The SMILES string of the molecule is COc1cc(C2c3cc4c(cc3[C@@H](NC(=O)NCCNCCCNCCCCN)[C@H]3COC(=O)[C@H]23)OCO4)cc(OC)c1O. The van der Waals surface area contributed by atoms with E-state index in [2.05, 4.69) is 21.3 Å². The van der Waals surface area contributed by atoms with Gasteiger partial charge in [0, 0.05) is 24.9 Å². The van der Waals surface area contributed by atoms with Crippen molar-refractivity contribution < 1.29 is 38.4 Å². The number of carbonyl (C=O) groups excluding carboxylic acids is 2. The average molecular weight is 614 g/mol. The summed E-state index contributed by atoms with van der Waals surface area (Å²) in [5, 5.41) is 23.3. The average Bonchev–Trinajstić information content (AvgIpc) is 3.65. The normalized spacial score (nSPS) is 21.3. The van der Waals surface area contributed by atoms with Gasteiger partial charge in [0.05, 0.1) is 32.8 Å². The zero-order valence-corrected chi connectivity index (χ0v) is 25.3. The lowest BCUT2D eigenvalue weighted by Crippen LogP contribution is -2.47. The topological polar surface area (TPSA) is 175 Å². The fourth-order valence-corrected chi connectivity index (χ4v) is 6.28. The number of hydrogen-bond donors (Lipinski definition) is 6. The molecule has 1 fully saturated rings. The van der Waals surface area contributed by atoms with Gasteiger partial charge in [-0.05, 0) is 86.4 Å². The Morgan fingerprint density at radius 1 is 0.909 bits per heavy atom. The minimum atomic E-state index is -0.613. The van der Waals surface area contributed by atoms with Crippen LogP contribution in [0, 0.1) is 11.8 Å². The highest BCUT2D eigenvalue weighted by atomic mass is 16.7. The summed E-state index contributed by atoms with van der Waals surface area (Å²) in [5.41, 5.74) is 7.80. The predicted molar refractivity (Wildman–Crippen MR) is 161 cm³/mol. The number of esters is 1. The summed E-state index contributed by atoms with van der Waals surface area (Å²) in [7, 11) is 2.91. The zero-order chi connectivity index (χ0) is 31.1. The van der Waals surface area contributed by atoms with E-state index >= 15 is 0 Å². The number of rotatable bonds is 15. The summed E-state index contributed by atoms with van der Waals surface area (Å²) >= 11 is 0. The molecule has 1 aliphatic carbocycles. The van der Waals surface area contributed by atoms with E-state index in [1.807, 2.05) is 12.1 Å². The molecule has 0 saturated carbocycles. The molecule has 0 radical (unpaired) electrons. The molecule has 2 aromatic carbocycles. The molecule has 13 heteroatoms. The van der Waals surface area contributed by atoms with Gasteiger partial charge in [0.2, 0.25) is 12.5 Å². The first-order valence-corrected chi connectivity index (χ1v) is 15.2. The summed E-state index contributed by atoms with van der Waals surface area (Å²) in [6, 6.07) is 6.27. The van der Waals surface area contributed by atoms with E-state index < -0.39 is 17.9 Å². The number of unbranched alkanes of at least 4 members (excludes halogenated alkanes) is 1. The van der Waals surface area contributed by atoms with Gasteiger partial charge < -0.3 is 55.8 Å². The Kier molecular flexibility index (Phi) is 10.5. The third kappa shape index (κ3) is 6.74. The van der Waals surface area contributed by atoms with Crippen molar-refractivity contribution in [2.24, 2.45) is 17.6 Å². The summed E-state index contributed by atoms with van der Waals surface area (Å²) in [4.78, 5) is 26.4. The van der Waals surface area contributed by atoms with Crippen LogP contribution in [0.1, 0.15) is 47.9 Å². The van der Waals surface area contributed by atoms with Gasteiger partial charge in [-0.25, -0.2) is 4.79 Å². The molecular formula is C31H43N5O8. The minimum absolute atomic E-state index is 0.0780. The molecule has 2 aliphatic heterocycles. The van der Waals surface area contributed by atoms with Gasteiger partial charge in [-0.1, -0.05) is 0 Å². The van der Waals surface area contributed by atoms with Crippen LogP contribution in [-0.2, 0) is 9.53 Å². The number of methoxy groups -OCH3 is 2. The largest absolute Gasteiger partial charge is 0.502 e. The Morgan fingerprint density at radius 3 is 2.25 bits per heavy atom. The summed E-state index contributed by atoms with van der Waals surface area (Å²) < 4.78 is 27.8. The number of aromatic hydroxyl groups is 1. The monoisotopic (exact) mass is 613 g/mol. The van der Waals surface area contributed by atoms with Crippen LogP contribution < -0.4 is 45.9 Å². The van der Waals surface area contributed by atoms with Gasteiger partial charge in [0.25, 0.3) is 0 Å². The third-order valence-corrected chi connectivity index (χ3v) is 8.44. The van der Waals surface area contributed by atoms with Crippen LogP contribution in [0.4, 0.5) is 4.79 Å². The quantitative estimate of drug-likeness (QED) is 0.127. The standard InChI is InChI=1S/C31H43N5O8/c1-40-24-12-18(13-25(41-2)29(24)37)26-19-14-22-23(44-17-43-22)15-20(19)28(21-16-42-30(38)27(21)26)36-31(39)35-11-10-34-9-5-8-33-7-4-3-6-32/h12-15,21,26-28,33-34,37H,3-11,16-17,32H2,1-2H3,(H2,35,36,39)/t21-,26?,27-,28+/m0/s1. The van der Waals surface area contributed by atoms with Crippen molar-refractivity contribution in [1.29, 1.82) is 0 Å². The number of ether oxygens (including phenoxy) is 5. The number of carbonyl (C=O) groups is 2. The van der Waals surface area contributed by atoms with E-state index in [1.165, 1.54) is 14.2 Å². The van der Waals surface area contributed by atoms with E-state index in [1.54, 1.807) is 12.1 Å². The van der Waals surface area contributed by atoms with Crippen LogP contribution in [-0.4, -0.2) is 84.0 Å². The molecule has 1 saturated heterocycles. The maximum Gasteiger partial charge on any atom is 0.315 e. The van der Waals surface area contributed by atoms with Crippen molar-refractivity contribution in [2.75, 3.05) is 66.9 Å². The smallest absolute Gasteiger partial charge is 0.315 e. The van der Waals surface area contributed by atoms with Crippen molar-refractivity contribution in [1.82, 2.24) is 21.3 Å². The molecule has 4 atom stereocenters. The second-order valence-corrected chi connectivity index (χ2v) is 11.1. The number of hydrogen-bond acceptors (Lipinski definition) is 11. The number of fused-ring (bicyclic) bond motifs is 3. The Bertz CT molecular complexity index is 1300. The maximum atomic E-state index is 13.3. The predicted octanol–water partition coefficient (Wildman–Crippen LogP) is 1.72. The number of phenolic OH excluding ortho intramolecular Hbond substituents is 1. The summed E-state index contributed by atoms with van der Waals surface area (Å²) in [6.07, 6.45) is 3.10. The molecule has 5 rings (SSSR count). The molecule has 2 amide bonds. The van der Waals surface area contributed by atoms with Crippen LogP contribution in [0.5, 0.6) is 28.7 Å². The summed E-state index contributed by atoms with van der Waals surface area (Å²) in [5.74, 6) is -0.387. The second kappa shape index (κ2) is 14.7. The highest BCUT2D eigenvalue weighted by Crippen LogP contribution is 2.55. The van der Waals surface area contributed by atoms with Crippen LogP contribution in [0.3, 0.4) is 0 Å². The van der Waals surface area contributed by atoms with Crippen molar-refractivity contribution in [3.05, 3.63) is 41.0 Å². The molecule has 7 N–H and O–H groups in total. The van der Waals surface area contributed by atoms with Crippen LogP contribution in [0.25, 0.3) is 0 Å². The molecule has 2 aromatic rings. The maximum absolute atomic E-state index is 13.3. The number of benzene rings is 2. The number of phenols is 1. The second-order valence-electron chi connectivity index (χ2n) is 11.1. The highest BCUT2D eigenvalue weighted by Gasteiger charge is 2.53. The summed E-state index contributed by atoms with van der Waals surface area (Å²) in [6.45, 7) is 4.76. The molecule has 0 spiro atoms. The number of urea groups is 1. The van der Waals surface area contributed by atoms with Crippen molar-refractivity contribution in [3.8, 4) is 28.7 Å². The Hall–Kier alpha value is -3.94. The van der Waals surface area contributed by atoms with E-state index in [9.17, 15) is 14.7 Å². The minimum Gasteiger partial charge on any atom is -0.502 e. The van der Waals surface area contributed by atoms with Gasteiger partial charge in [0.1, 0.15) is 0 Å². The number of amides is 2. The third-order valence-electron chi connectivity index (χ3n) is 8.44. The lowest BCUT2D eigenvalue weighted by molar-refractivity contribution is -0.141. The van der Waals surface area contributed by atoms with Gasteiger partial charge in [0.15, 0.2) is 23.0 Å². The van der Waals surface area contributed by atoms with Crippen LogP contribution in [0.2, 0.25) is 0 Å².